The minimum atomic E-state index is 0. The third-order valence-electron chi connectivity index (χ3n) is 2.52. The molecule has 0 N–H and O–H groups in total. The Kier molecular flexibility index (Phi) is 2.64. The zero-order chi connectivity index (χ0) is 9.54. The summed E-state index contributed by atoms with van der Waals surface area (Å²) in [6, 6.07) is 15.2. The van der Waals surface area contributed by atoms with Crippen LogP contribution in [0.3, 0.4) is 0 Å². The normalized spacial score (nSPS) is 10.5. The van der Waals surface area contributed by atoms with Gasteiger partial charge >= 0.3 is 0 Å². The molecule has 0 unspecified atom stereocenters. The van der Waals surface area contributed by atoms with Crippen LogP contribution in [0.15, 0.2) is 40.8 Å². The molecule has 0 amide bonds. The fourth-order valence-electron chi connectivity index (χ4n) is 1.82. The molecule has 0 saturated carbocycles. The van der Waals surface area contributed by atoms with Gasteiger partial charge in [-0.3, -0.25) is 0 Å². The molecule has 1 aromatic heterocycles. The average Bonchev–Trinajstić information content (AvgIpc) is 2.59. The Morgan fingerprint density at radius 2 is 1.87 bits per heavy atom. The first kappa shape index (κ1) is 10.4. The summed E-state index contributed by atoms with van der Waals surface area (Å²) < 4.78 is 5.75. The Hall–Kier alpha value is -1.11. The fourth-order valence-corrected chi connectivity index (χ4v) is 1.82. The third-order valence-corrected chi connectivity index (χ3v) is 2.52. The van der Waals surface area contributed by atoms with Crippen LogP contribution in [0.1, 0.15) is 5.56 Å². The molecule has 2 heteroatoms. The molecule has 0 fully saturated rings. The summed E-state index contributed by atoms with van der Waals surface area (Å²) in [5, 5.41) is 2.36. The molecule has 2 aromatic carbocycles. The number of benzene rings is 2. The van der Waals surface area contributed by atoms with E-state index in [-0.39, 0.29) is 20.1 Å². The van der Waals surface area contributed by atoms with E-state index in [1.165, 1.54) is 10.8 Å². The Balaban J connectivity index is 0.000000853. The van der Waals surface area contributed by atoms with Crippen molar-refractivity contribution < 1.29 is 24.5 Å². The summed E-state index contributed by atoms with van der Waals surface area (Å²) in [4.78, 5) is 0. The van der Waals surface area contributed by atoms with Crippen LogP contribution in [-0.2, 0) is 20.1 Å². The fraction of sp³-hybridized carbons (Fsp3) is 0.0769. The first-order valence-corrected chi connectivity index (χ1v) is 4.65. The van der Waals surface area contributed by atoms with Crippen LogP contribution in [-0.4, -0.2) is 0 Å². The van der Waals surface area contributed by atoms with Gasteiger partial charge in [-0.2, -0.15) is 18.2 Å². The van der Waals surface area contributed by atoms with Crippen LogP contribution < -0.4 is 0 Å². The van der Waals surface area contributed by atoms with Gasteiger partial charge in [-0.25, -0.2) is 0 Å². The minimum absolute atomic E-state index is 0. The second-order valence-electron chi connectivity index (χ2n) is 3.44. The number of para-hydroxylation sites is 1. The monoisotopic (exact) mass is 374 g/mol. The van der Waals surface area contributed by atoms with Crippen molar-refractivity contribution in [3.63, 3.8) is 0 Å². The maximum Gasteiger partial charge on any atom is 0.116 e. The van der Waals surface area contributed by atoms with Crippen LogP contribution in [0.4, 0.5) is 0 Å². The molecule has 0 atom stereocenters. The van der Waals surface area contributed by atoms with Crippen molar-refractivity contribution in [3.05, 3.63) is 48.0 Å². The van der Waals surface area contributed by atoms with Crippen molar-refractivity contribution in [1.29, 1.82) is 0 Å². The molecule has 15 heavy (non-hydrogen) atoms. The number of aryl methyl sites for hydroxylation is 1. The van der Waals surface area contributed by atoms with Crippen LogP contribution in [0, 0.1) is 13.0 Å². The number of fused-ring (bicyclic) bond motifs is 3. The van der Waals surface area contributed by atoms with Crippen molar-refractivity contribution in [2.24, 2.45) is 0 Å². The van der Waals surface area contributed by atoms with E-state index < -0.39 is 0 Å². The second kappa shape index (κ2) is 3.80. The predicted octanol–water partition coefficient (Wildman–Crippen LogP) is 3.69. The quantitative estimate of drug-likeness (QED) is 0.548. The first-order valence-electron chi connectivity index (χ1n) is 4.65. The average molecular weight is 373 g/mol. The smallest absolute Gasteiger partial charge is 0.116 e. The zero-order valence-corrected chi connectivity index (χ0v) is 10.6. The largest absolute Gasteiger partial charge is 0.515 e. The minimum Gasteiger partial charge on any atom is -0.515 e. The van der Waals surface area contributed by atoms with Crippen molar-refractivity contribution in [1.82, 2.24) is 0 Å². The van der Waals surface area contributed by atoms with Gasteiger partial charge in [0.15, 0.2) is 0 Å². The Labute approximate surface area is 101 Å². The topological polar surface area (TPSA) is 13.1 Å². The van der Waals surface area contributed by atoms with E-state index in [9.17, 15) is 0 Å². The molecule has 0 bridgehead atoms. The summed E-state index contributed by atoms with van der Waals surface area (Å²) >= 11 is 0. The summed E-state index contributed by atoms with van der Waals surface area (Å²) in [5.74, 6) is 0. The molecule has 3 aromatic rings. The summed E-state index contributed by atoms with van der Waals surface area (Å²) in [6.07, 6.45) is 0. The van der Waals surface area contributed by atoms with Gasteiger partial charge in [0.2, 0.25) is 0 Å². The Morgan fingerprint density at radius 3 is 2.73 bits per heavy atom. The van der Waals surface area contributed by atoms with Gasteiger partial charge in [-0.1, -0.05) is 30.5 Å². The van der Waals surface area contributed by atoms with Gasteiger partial charge < -0.3 is 4.42 Å². The SMILES string of the molecule is Cc1[c-]ccc2c1oc1ccccc12.[Ir]. The van der Waals surface area contributed by atoms with E-state index in [1.807, 2.05) is 37.3 Å². The third kappa shape index (κ3) is 1.50. The molecular weight excluding hydrogens is 364 g/mol. The second-order valence-corrected chi connectivity index (χ2v) is 3.44. The van der Waals surface area contributed by atoms with Gasteiger partial charge in [0, 0.05) is 31.1 Å². The van der Waals surface area contributed by atoms with E-state index in [4.69, 9.17) is 4.42 Å². The molecule has 1 heterocycles. The molecule has 0 aliphatic heterocycles. The summed E-state index contributed by atoms with van der Waals surface area (Å²) in [7, 11) is 0. The Morgan fingerprint density at radius 1 is 1.07 bits per heavy atom. The van der Waals surface area contributed by atoms with E-state index in [0.29, 0.717) is 0 Å². The van der Waals surface area contributed by atoms with E-state index in [1.54, 1.807) is 0 Å². The summed E-state index contributed by atoms with van der Waals surface area (Å²) in [6.45, 7) is 2.02. The molecule has 3 rings (SSSR count). The van der Waals surface area contributed by atoms with Gasteiger partial charge in [0.05, 0.1) is 0 Å². The standard InChI is InChI=1S/C13H9O.Ir/c1-9-5-4-7-11-10-6-2-3-8-12(10)14-13(9)11;/h2-4,6-8H,1H3;/q-1;. The molecule has 0 saturated heterocycles. The van der Waals surface area contributed by atoms with E-state index in [0.717, 1.165) is 16.7 Å². The van der Waals surface area contributed by atoms with Gasteiger partial charge in [0.25, 0.3) is 0 Å². The van der Waals surface area contributed by atoms with E-state index >= 15 is 0 Å². The maximum absolute atomic E-state index is 5.75. The number of hydrogen-bond donors (Lipinski definition) is 0. The number of rotatable bonds is 0. The Bertz CT molecular complexity index is 610. The van der Waals surface area contributed by atoms with Crippen molar-refractivity contribution in [2.45, 2.75) is 6.92 Å². The zero-order valence-electron chi connectivity index (χ0n) is 8.21. The van der Waals surface area contributed by atoms with Crippen LogP contribution >= 0.6 is 0 Å². The maximum atomic E-state index is 5.75. The first-order chi connectivity index (χ1) is 6.86. The van der Waals surface area contributed by atoms with Crippen LogP contribution in [0.5, 0.6) is 0 Å². The number of hydrogen-bond acceptors (Lipinski definition) is 1. The number of furan rings is 1. The molecular formula is C13H9IrO-. The molecule has 1 radical (unpaired) electrons. The molecule has 1 nitrogen and oxygen atoms in total. The van der Waals surface area contributed by atoms with Gasteiger partial charge in [-0.15, -0.1) is 5.56 Å². The van der Waals surface area contributed by atoms with Gasteiger partial charge in [0.1, 0.15) is 5.58 Å². The predicted molar refractivity (Wildman–Crippen MR) is 57.3 cm³/mol. The summed E-state index contributed by atoms with van der Waals surface area (Å²) in [5.41, 5.74) is 2.97. The van der Waals surface area contributed by atoms with E-state index in [2.05, 4.69) is 12.1 Å². The molecule has 77 valence electrons. The van der Waals surface area contributed by atoms with Crippen LogP contribution in [0.2, 0.25) is 0 Å². The molecule has 0 spiro atoms. The van der Waals surface area contributed by atoms with Crippen LogP contribution in [0.25, 0.3) is 21.9 Å². The molecule has 0 aliphatic rings. The molecule has 0 aliphatic carbocycles. The van der Waals surface area contributed by atoms with Crippen molar-refractivity contribution in [3.8, 4) is 0 Å². The van der Waals surface area contributed by atoms with Crippen molar-refractivity contribution >= 4 is 21.9 Å². The van der Waals surface area contributed by atoms with Gasteiger partial charge in [-0.05, 0) is 6.07 Å². The van der Waals surface area contributed by atoms with Crippen molar-refractivity contribution in [2.75, 3.05) is 0 Å².